The minimum atomic E-state index is -4.28. The summed E-state index contributed by atoms with van der Waals surface area (Å²) in [5.74, 6) is 1.19. The predicted octanol–water partition coefficient (Wildman–Crippen LogP) is 8.40. The van der Waals surface area contributed by atoms with E-state index in [1.54, 1.807) is 24.3 Å². The molecule has 0 atom stereocenters. The molecule has 0 amide bonds. The van der Waals surface area contributed by atoms with E-state index in [9.17, 15) is 13.2 Å². The van der Waals surface area contributed by atoms with E-state index in [0.717, 1.165) is 11.1 Å². The van der Waals surface area contributed by atoms with Gasteiger partial charge in [0.2, 0.25) is 0 Å². The number of hydrogen-bond donors (Lipinski definition) is 1. The van der Waals surface area contributed by atoms with Crippen LogP contribution in [0.15, 0.2) is 84.9 Å². The van der Waals surface area contributed by atoms with Crippen LogP contribution in [0.25, 0.3) is 22.3 Å². The Morgan fingerprint density at radius 1 is 0.707 bits per heavy atom. The van der Waals surface area contributed by atoms with Crippen molar-refractivity contribution in [2.45, 2.75) is 65.7 Å². The van der Waals surface area contributed by atoms with Crippen LogP contribution in [0.4, 0.5) is 0 Å². The molecule has 0 aromatic heterocycles. The van der Waals surface area contributed by atoms with Gasteiger partial charge in [0.15, 0.2) is 11.5 Å². The molecule has 4 rings (SSSR count). The second-order valence-electron chi connectivity index (χ2n) is 11.4. The van der Waals surface area contributed by atoms with Crippen molar-refractivity contribution in [3.8, 4) is 28.0 Å². The highest BCUT2D eigenvalue weighted by Crippen LogP contribution is 2.40. The molecule has 41 heavy (non-hydrogen) atoms. The molecule has 0 saturated carbocycles. The quantitative estimate of drug-likeness (QED) is 0.194. The van der Waals surface area contributed by atoms with Crippen molar-refractivity contribution in [1.82, 2.24) is 0 Å². The summed E-state index contributed by atoms with van der Waals surface area (Å²) in [5, 5.41) is 5.30. The van der Waals surface area contributed by atoms with E-state index in [1.807, 2.05) is 48.5 Å². The normalized spacial score (nSPS) is 11.9. The highest BCUT2D eigenvalue weighted by molar-refractivity contribution is 7.84. The molecule has 0 unspecified atom stereocenters. The van der Waals surface area contributed by atoms with Crippen LogP contribution in [-0.2, 0) is 16.7 Å². The number of hydrogen-bond acceptors (Lipinski definition) is 4. The van der Waals surface area contributed by atoms with E-state index in [0.29, 0.717) is 46.4 Å². The van der Waals surface area contributed by atoms with Gasteiger partial charge in [0.05, 0.1) is 0 Å². The summed E-state index contributed by atoms with van der Waals surface area (Å²) in [7, 11) is -4.28. The Morgan fingerprint density at radius 2 is 1.22 bits per heavy atom. The molecule has 214 valence electrons. The van der Waals surface area contributed by atoms with Crippen LogP contribution in [0.2, 0.25) is 0 Å². The summed E-state index contributed by atoms with van der Waals surface area (Å²) in [5.41, 5.74) is 8.15. The highest BCUT2D eigenvalue weighted by Gasteiger charge is 2.21. The van der Waals surface area contributed by atoms with Gasteiger partial charge in [-0.1, -0.05) is 126 Å². The lowest BCUT2D eigenvalue weighted by Crippen LogP contribution is -2.19. The summed E-state index contributed by atoms with van der Waals surface area (Å²) in [6.07, 6.45) is 0.321. The molecule has 0 saturated heterocycles. The molecule has 4 aromatic rings. The minimum absolute atomic E-state index is 0.0386. The first-order valence-corrected chi connectivity index (χ1v) is 15.5. The van der Waals surface area contributed by atoms with Crippen molar-refractivity contribution in [3.05, 3.63) is 113 Å². The number of carbonyl (C=O) groups is 1. The first kappa shape index (κ1) is 30.2. The molecular formula is C35H39NO4S. The molecule has 4 aromatic carbocycles. The summed E-state index contributed by atoms with van der Waals surface area (Å²) in [6.45, 7) is 13.1. The van der Waals surface area contributed by atoms with Gasteiger partial charge in [0.1, 0.15) is 0 Å². The third-order valence-corrected chi connectivity index (χ3v) is 7.81. The smallest absolute Gasteiger partial charge is 0.370 e. The Hall–Kier alpha value is -3.74. The first-order valence-electron chi connectivity index (χ1n) is 14.1. The van der Waals surface area contributed by atoms with Crippen LogP contribution >= 0.6 is 0 Å². The minimum Gasteiger partial charge on any atom is -0.370 e. The molecule has 5 nitrogen and oxygen atoms in total. The number of nitrogens with two attached hydrogens (primary N) is 1. The Bertz CT molecular complexity index is 1610. The lowest BCUT2D eigenvalue weighted by Gasteiger charge is -2.22. The second-order valence-corrected chi connectivity index (χ2v) is 12.6. The molecule has 0 bridgehead atoms. The molecule has 0 fully saturated rings. The average molecular weight is 570 g/mol. The maximum absolute atomic E-state index is 13.6. The van der Waals surface area contributed by atoms with Crippen LogP contribution in [0.3, 0.4) is 0 Å². The van der Waals surface area contributed by atoms with Gasteiger partial charge in [-0.25, -0.2) is 0 Å². The van der Waals surface area contributed by atoms with Crippen LogP contribution in [0, 0.1) is 0 Å². The Kier molecular flexibility index (Phi) is 9.15. The van der Waals surface area contributed by atoms with Crippen LogP contribution in [0.1, 0.15) is 91.9 Å². The summed E-state index contributed by atoms with van der Waals surface area (Å²) in [4.78, 5) is 13.6. The van der Waals surface area contributed by atoms with E-state index < -0.39 is 10.3 Å². The highest BCUT2D eigenvalue weighted by atomic mass is 32.2. The number of Topliss-reactive ketones (excluding diaryl/α,β-unsaturated/α-hetero) is 1. The summed E-state index contributed by atoms with van der Waals surface area (Å²) in [6, 6.07) is 26.5. The standard InChI is InChI=1S/C35H39NO4S/c1-22(2)28-19-31(23(3)4)33(32(20-28)24(5)6)21-34(37)27-17-15-26(16-18-27)30-14-10-13-29(25-11-8-7-9-12-25)35(30)40-41(36,38)39/h7-20,22-24H,21H2,1-6H3,(H2,36,38,39). The van der Waals surface area contributed by atoms with E-state index in [2.05, 4.69) is 53.7 Å². The molecule has 0 aliphatic rings. The zero-order valence-corrected chi connectivity index (χ0v) is 25.5. The molecule has 0 aliphatic carbocycles. The van der Waals surface area contributed by atoms with Gasteiger partial charge in [0.25, 0.3) is 0 Å². The molecule has 0 heterocycles. The van der Waals surface area contributed by atoms with Gasteiger partial charge < -0.3 is 4.18 Å². The van der Waals surface area contributed by atoms with Gasteiger partial charge in [-0.3, -0.25) is 4.79 Å². The zero-order valence-electron chi connectivity index (χ0n) is 24.6. The Labute approximate surface area is 244 Å². The lowest BCUT2D eigenvalue weighted by atomic mass is 9.82. The molecule has 6 heteroatoms. The first-order chi connectivity index (χ1) is 19.4. The SMILES string of the molecule is CC(C)c1cc(C(C)C)c(CC(=O)c2ccc(-c3cccc(-c4ccccc4)c3OS(N)(=O)=O)cc2)c(C(C)C)c1. The fourth-order valence-corrected chi connectivity index (χ4v) is 5.63. The third-order valence-electron chi connectivity index (χ3n) is 7.41. The molecule has 0 spiro atoms. The van der Waals surface area contributed by atoms with Gasteiger partial charge >= 0.3 is 10.3 Å². The number of carbonyl (C=O) groups excluding carboxylic acids is 1. The third kappa shape index (κ3) is 7.13. The van der Waals surface area contributed by atoms with E-state index >= 15 is 0 Å². The van der Waals surface area contributed by atoms with E-state index in [-0.39, 0.29) is 11.5 Å². The van der Waals surface area contributed by atoms with Crippen molar-refractivity contribution in [3.63, 3.8) is 0 Å². The number of rotatable bonds is 10. The Balaban J connectivity index is 1.72. The maximum atomic E-state index is 13.6. The predicted molar refractivity (Wildman–Crippen MR) is 168 cm³/mol. The average Bonchev–Trinajstić information content (AvgIpc) is 2.92. The van der Waals surface area contributed by atoms with Gasteiger partial charge in [-0.2, -0.15) is 13.6 Å². The number of ketones is 1. The maximum Gasteiger partial charge on any atom is 0.380 e. The largest absolute Gasteiger partial charge is 0.380 e. The fraction of sp³-hybridized carbons (Fsp3) is 0.286. The topological polar surface area (TPSA) is 86.5 Å². The van der Waals surface area contributed by atoms with Crippen molar-refractivity contribution in [2.24, 2.45) is 5.14 Å². The molecule has 0 aliphatic heterocycles. The van der Waals surface area contributed by atoms with Crippen molar-refractivity contribution in [1.29, 1.82) is 0 Å². The van der Waals surface area contributed by atoms with Gasteiger partial charge in [0, 0.05) is 23.1 Å². The summed E-state index contributed by atoms with van der Waals surface area (Å²) < 4.78 is 29.3. The van der Waals surface area contributed by atoms with E-state index in [4.69, 9.17) is 9.32 Å². The number of benzene rings is 4. The second kappa shape index (κ2) is 12.4. The number of para-hydroxylation sites is 1. The van der Waals surface area contributed by atoms with Gasteiger partial charge in [-0.15, -0.1) is 0 Å². The molecule has 2 N–H and O–H groups in total. The zero-order chi connectivity index (χ0) is 29.9. The van der Waals surface area contributed by atoms with Gasteiger partial charge in [-0.05, 0) is 51.1 Å². The lowest BCUT2D eigenvalue weighted by molar-refractivity contribution is 0.0992. The molecular weight excluding hydrogens is 530 g/mol. The summed E-state index contributed by atoms with van der Waals surface area (Å²) >= 11 is 0. The van der Waals surface area contributed by atoms with Crippen molar-refractivity contribution < 1.29 is 17.4 Å². The Morgan fingerprint density at radius 3 is 1.68 bits per heavy atom. The van der Waals surface area contributed by atoms with Crippen molar-refractivity contribution >= 4 is 16.1 Å². The van der Waals surface area contributed by atoms with Crippen LogP contribution in [0.5, 0.6) is 5.75 Å². The molecule has 0 radical (unpaired) electrons. The fourth-order valence-electron chi connectivity index (χ4n) is 5.22. The van der Waals surface area contributed by atoms with Crippen molar-refractivity contribution in [2.75, 3.05) is 0 Å². The monoisotopic (exact) mass is 569 g/mol. The van der Waals surface area contributed by atoms with Crippen LogP contribution in [-0.4, -0.2) is 14.2 Å². The van der Waals surface area contributed by atoms with Crippen LogP contribution < -0.4 is 9.32 Å². The van der Waals surface area contributed by atoms with E-state index in [1.165, 1.54) is 16.7 Å².